The van der Waals surface area contributed by atoms with E-state index in [1.54, 1.807) is 0 Å². The fraction of sp³-hybridized carbons (Fsp3) is 0.812. The number of guanidine groups is 1. The molecule has 0 amide bonds. The van der Waals surface area contributed by atoms with Crippen molar-refractivity contribution in [3.05, 3.63) is 11.7 Å². The van der Waals surface area contributed by atoms with Crippen LogP contribution in [0.2, 0.25) is 0 Å². The second-order valence-corrected chi connectivity index (χ2v) is 8.16. The Kier molecular flexibility index (Phi) is 9.40. The summed E-state index contributed by atoms with van der Waals surface area (Å²) in [5.41, 5.74) is 0. The van der Waals surface area contributed by atoms with E-state index in [2.05, 4.69) is 48.5 Å². The Morgan fingerprint density at radius 3 is 2.79 bits per heavy atom. The molecule has 138 valence electrons. The quantitative estimate of drug-likeness (QED) is 0.365. The molecule has 0 radical (unpaired) electrons. The summed E-state index contributed by atoms with van der Waals surface area (Å²) in [6.45, 7) is 10.9. The maximum atomic E-state index is 5.26. The molecule has 1 aliphatic rings. The molecule has 6 nitrogen and oxygen atoms in total. The minimum absolute atomic E-state index is 0. The van der Waals surface area contributed by atoms with E-state index in [1.807, 2.05) is 11.8 Å². The van der Waals surface area contributed by atoms with E-state index in [0.29, 0.717) is 23.0 Å². The third kappa shape index (κ3) is 6.78. The van der Waals surface area contributed by atoms with Gasteiger partial charge in [-0.1, -0.05) is 19.0 Å². The van der Waals surface area contributed by atoms with Gasteiger partial charge in [-0.25, -0.2) is 0 Å². The molecule has 0 saturated carbocycles. The molecule has 2 rings (SSSR count). The second-order valence-electron chi connectivity index (χ2n) is 6.47. The van der Waals surface area contributed by atoms with E-state index in [0.717, 1.165) is 31.4 Å². The molecule has 0 aromatic carbocycles. The van der Waals surface area contributed by atoms with E-state index in [-0.39, 0.29) is 24.0 Å². The molecular weight excluding hydrogens is 437 g/mol. The lowest BCUT2D eigenvalue weighted by Gasteiger charge is -2.20. The average Bonchev–Trinajstić information content (AvgIpc) is 3.15. The molecule has 2 heterocycles. The Labute approximate surface area is 166 Å². The highest BCUT2D eigenvalue weighted by molar-refractivity contribution is 14.0. The minimum Gasteiger partial charge on any atom is -0.357 e. The SMILES string of the molecule is CCNC(=NCC1(C)CCCS1)NCCc1nc(C(C)C)no1.I. The van der Waals surface area contributed by atoms with Gasteiger partial charge in [0, 0.05) is 30.2 Å². The number of thioether (sulfide) groups is 1. The third-order valence-electron chi connectivity index (χ3n) is 3.85. The predicted molar refractivity (Wildman–Crippen MR) is 112 cm³/mol. The van der Waals surface area contributed by atoms with Crippen LogP contribution in [-0.4, -0.2) is 46.2 Å². The van der Waals surface area contributed by atoms with Crippen molar-refractivity contribution in [3.63, 3.8) is 0 Å². The summed E-state index contributed by atoms with van der Waals surface area (Å²) in [5, 5.41) is 10.6. The van der Waals surface area contributed by atoms with Crippen LogP contribution in [0.3, 0.4) is 0 Å². The lowest BCUT2D eigenvalue weighted by Crippen LogP contribution is -2.39. The molecule has 1 aromatic rings. The zero-order valence-electron chi connectivity index (χ0n) is 15.1. The molecule has 8 heteroatoms. The average molecular weight is 467 g/mol. The molecular formula is C16H30IN5OS. The van der Waals surface area contributed by atoms with Crippen LogP contribution in [0.1, 0.15) is 58.2 Å². The lowest BCUT2D eigenvalue weighted by molar-refractivity contribution is 0.371. The number of rotatable bonds is 7. The van der Waals surface area contributed by atoms with Gasteiger partial charge in [0.05, 0.1) is 6.54 Å². The fourth-order valence-electron chi connectivity index (χ4n) is 2.44. The number of aromatic nitrogens is 2. The molecule has 0 spiro atoms. The zero-order valence-corrected chi connectivity index (χ0v) is 18.2. The van der Waals surface area contributed by atoms with Gasteiger partial charge in [0.15, 0.2) is 11.8 Å². The van der Waals surface area contributed by atoms with Gasteiger partial charge in [0.25, 0.3) is 0 Å². The largest absolute Gasteiger partial charge is 0.357 e. The predicted octanol–water partition coefficient (Wildman–Crippen LogP) is 3.19. The highest BCUT2D eigenvalue weighted by atomic mass is 127. The highest BCUT2D eigenvalue weighted by Crippen LogP contribution is 2.37. The molecule has 1 fully saturated rings. The van der Waals surface area contributed by atoms with E-state index in [9.17, 15) is 0 Å². The van der Waals surface area contributed by atoms with Crippen molar-refractivity contribution in [2.45, 2.75) is 57.6 Å². The first kappa shape index (κ1) is 21.5. The molecule has 1 aliphatic heterocycles. The molecule has 1 unspecified atom stereocenters. The number of halogens is 1. The number of aliphatic imine (C=N–C) groups is 1. The summed E-state index contributed by atoms with van der Waals surface area (Å²) in [7, 11) is 0. The van der Waals surface area contributed by atoms with Gasteiger partial charge in [-0.2, -0.15) is 16.7 Å². The van der Waals surface area contributed by atoms with E-state index >= 15 is 0 Å². The summed E-state index contributed by atoms with van der Waals surface area (Å²) in [5.74, 6) is 3.86. The first-order valence-corrected chi connectivity index (χ1v) is 9.49. The van der Waals surface area contributed by atoms with Crippen molar-refractivity contribution in [3.8, 4) is 0 Å². The molecule has 0 bridgehead atoms. The van der Waals surface area contributed by atoms with Crippen molar-refractivity contribution in [2.75, 3.05) is 25.4 Å². The first-order valence-electron chi connectivity index (χ1n) is 8.51. The summed E-state index contributed by atoms with van der Waals surface area (Å²) in [6.07, 6.45) is 3.26. The standard InChI is InChI=1S/C16H29N5OS.HI/c1-5-17-15(19-11-16(4)8-6-10-23-16)18-9-7-13-20-14(12(2)3)21-22-13;/h12H,5-11H2,1-4H3,(H2,17,18,19);1H. The van der Waals surface area contributed by atoms with Crippen LogP contribution in [0.4, 0.5) is 0 Å². The highest BCUT2D eigenvalue weighted by Gasteiger charge is 2.29. The maximum absolute atomic E-state index is 5.26. The van der Waals surface area contributed by atoms with Crippen LogP contribution in [0.15, 0.2) is 9.52 Å². The lowest BCUT2D eigenvalue weighted by atomic mass is 10.1. The zero-order chi connectivity index (χ0) is 16.7. The number of nitrogens with one attached hydrogen (secondary N) is 2. The Bertz CT molecular complexity index is 514. The van der Waals surface area contributed by atoms with Crippen molar-refractivity contribution in [2.24, 2.45) is 4.99 Å². The Balaban J connectivity index is 0.00000288. The van der Waals surface area contributed by atoms with Crippen LogP contribution in [0.5, 0.6) is 0 Å². The van der Waals surface area contributed by atoms with Crippen LogP contribution in [-0.2, 0) is 6.42 Å². The van der Waals surface area contributed by atoms with Gasteiger partial charge in [-0.15, -0.1) is 24.0 Å². The van der Waals surface area contributed by atoms with Gasteiger partial charge in [0.2, 0.25) is 5.89 Å². The second kappa shape index (κ2) is 10.5. The van der Waals surface area contributed by atoms with Crippen molar-refractivity contribution in [1.82, 2.24) is 20.8 Å². The number of hydrogen-bond acceptors (Lipinski definition) is 5. The van der Waals surface area contributed by atoms with Crippen LogP contribution in [0.25, 0.3) is 0 Å². The van der Waals surface area contributed by atoms with Gasteiger partial charge < -0.3 is 15.2 Å². The normalized spacial score (nSPS) is 21.0. The van der Waals surface area contributed by atoms with E-state index in [4.69, 9.17) is 9.52 Å². The molecule has 1 atom stereocenters. The molecule has 1 saturated heterocycles. The summed E-state index contributed by atoms with van der Waals surface area (Å²) in [6, 6.07) is 0. The Morgan fingerprint density at radius 2 is 2.21 bits per heavy atom. The number of hydrogen-bond donors (Lipinski definition) is 2. The van der Waals surface area contributed by atoms with Crippen LogP contribution < -0.4 is 10.6 Å². The molecule has 0 aliphatic carbocycles. The summed E-state index contributed by atoms with van der Waals surface area (Å²) >= 11 is 2.03. The van der Waals surface area contributed by atoms with Crippen LogP contribution >= 0.6 is 35.7 Å². The minimum atomic E-state index is 0. The van der Waals surface area contributed by atoms with Crippen molar-refractivity contribution < 1.29 is 4.52 Å². The number of nitrogens with zero attached hydrogens (tertiary/aromatic N) is 3. The van der Waals surface area contributed by atoms with Crippen LogP contribution in [0, 0.1) is 0 Å². The molecule has 2 N–H and O–H groups in total. The fourth-order valence-corrected chi connectivity index (χ4v) is 3.67. The smallest absolute Gasteiger partial charge is 0.228 e. The molecule has 24 heavy (non-hydrogen) atoms. The van der Waals surface area contributed by atoms with Gasteiger partial charge >= 0.3 is 0 Å². The maximum Gasteiger partial charge on any atom is 0.228 e. The molecule has 1 aromatic heterocycles. The van der Waals surface area contributed by atoms with Gasteiger partial charge in [0.1, 0.15) is 0 Å². The monoisotopic (exact) mass is 467 g/mol. The third-order valence-corrected chi connectivity index (χ3v) is 5.37. The van der Waals surface area contributed by atoms with Gasteiger partial charge in [-0.05, 0) is 32.4 Å². The Hall–Kier alpha value is -0.510. The summed E-state index contributed by atoms with van der Waals surface area (Å²) < 4.78 is 5.55. The van der Waals surface area contributed by atoms with Crippen molar-refractivity contribution >= 4 is 41.7 Å². The topological polar surface area (TPSA) is 75.3 Å². The van der Waals surface area contributed by atoms with E-state index in [1.165, 1.54) is 18.6 Å². The van der Waals surface area contributed by atoms with Crippen molar-refractivity contribution in [1.29, 1.82) is 0 Å². The van der Waals surface area contributed by atoms with Gasteiger partial charge in [-0.3, -0.25) is 4.99 Å². The summed E-state index contributed by atoms with van der Waals surface area (Å²) in [4.78, 5) is 9.13. The first-order chi connectivity index (χ1) is 11.0. The van der Waals surface area contributed by atoms with E-state index < -0.39 is 0 Å². The Morgan fingerprint density at radius 1 is 1.42 bits per heavy atom.